The molecule has 6 nitrogen and oxygen atoms in total. The Morgan fingerprint density at radius 3 is 2.13 bits per heavy atom. The summed E-state index contributed by atoms with van der Waals surface area (Å²) in [6.07, 6.45) is 0. The topological polar surface area (TPSA) is 68.1 Å². The van der Waals surface area contributed by atoms with E-state index < -0.39 is 0 Å². The van der Waals surface area contributed by atoms with Gasteiger partial charge in [0.1, 0.15) is 5.52 Å². The second-order valence-corrected chi connectivity index (χ2v) is 7.86. The molecule has 150 valence electrons. The van der Waals surface area contributed by atoms with Gasteiger partial charge in [0, 0.05) is 18.5 Å². The lowest BCUT2D eigenvalue weighted by Crippen LogP contribution is -2.32. The Morgan fingerprint density at radius 1 is 0.774 bits per heavy atom. The fourth-order valence-corrected chi connectivity index (χ4v) is 4.42. The Bertz CT molecular complexity index is 1520. The maximum atomic E-state index is 12.8. The van der Waals surface area contributed by atoms with Crippen LogP contribution < -0.4 is 0 Å². The fourth-order valence-electron chi connectivity index (χ4n) is 4.42. The number of rotatable bonds is 3. The first-order valence-electron chi connectivity index (χ1n) is 10.2. The lowest BCUT2D eigenvalue weighted by molar-refractivity contribution is 0.0650. The quantitative estimate of drug-likeness (QED) is 0.418. The molecular formula is C25H18N4O2. The average molecular weight is 406 g/mol. The van der Waals surface area contributed by atoms with Gasteiger partial charge in [-0.05, 0) is 43.3 Å². The molecule has 0 fully saturated rings. The van der Waals surface area contributed by atoms with Crippen molar-refractivity contribution in [3.8, 4) is 0 Å². The number of carbonyl (C=O) groups excluding carboxylic acids is 2. The van der Waals surface area contributed by atoms with Crippen molar-refractivity contribution in [3.05, 3.63) is 83.4 Å². The van der Waals surface area contributed by atoms with E-state index in [4.69, 9.17) is 9.97 Å². The Hall–Kier alpha value is -4.06. The van der Waals surface area contributed by atoms with Crippen molar-refractivity contribution in [3.63, 3.8) is 0 Å². The van der Waals surface area contributed by atoms with E-state index in [0.29, 0.717) is 17.7 Å². The highest BCUT2D eigenvalue weighted by Crippen LogP contribution is 2.30. The van der Waals surface area contributed by atoms with Crippen molar-refractivity contribution in [1.82, 2.24) is 19.4 Å². The van der Waals surface area contributed by atoms with Crippen molar-refractivity contribution in [2.45, 2.75) is 13.5 Å². The van der Waals surface area contributed by atoms with E-state index in [1.165, 1.54) is 4.90 Å². The van der Waals surface area contributed by atoms with Crippen molar-refractivity contribution >= 4 is 44.9 Å². The monoisotopic (exact) mass is 406 g/mol. The third kappa shape index (κ3) is 2.58. The van der Waals surface area contributed by atoms with E-state index in [-0.39, 0.29) is 18.4 Å². The van der Waals surface area contributed by atoms with E-state index >= 15 is 0 Å². The number of aryl methyl sites for hydroxylation is 1. The second kappa shape index (κ2) is 6.47. The number of carbonyl (C=O) groups is 2. The molecule has 0 saturated heterocycles. The SMILES string of the molecule is Cc1ccc2c(c1)c1nc3ccccc3nc1n2CCN1C(=O)c2ccccc2C1=O. The predicted octanol–water partition coefficient (Wildman–Crippen LogP) is 4.34. The number of imide groups is 1. The van der Waals surface area contributed by atoms with Gasteiger partial charge in [-0.2, -0.15) is 0 Å². The van der Waals surface area contributed by atoms with Crippen molar-refractivity contribution in [2.75, 3.05) is 6.54 Å². The molecule has 6 rings (SSSR count). The zero-order valence-electron chi connectivity index (χ0n) is 16.9. The average Bonchev–Trinajstić information content (AvgIpc) is 3.22. The number of amides is 2. The highest BCUT2D eigenvalue weighted by Gasteiger charge is 2.34. The van der Waals surface area contributed by atoms with Gasteiger partial charge in [0.2, 0.25) is 0 Å². The lowest BCUT2D eigenvalue weighted by Gasteiger charge is -2.15. The van der Waals surface area contributed by atoms with Crippen LogP contribution in [-0.2, 0) is 6.54 Å². The first kappa shape index (κ1) is 17.8. The number of fused-ring (bicyclic) bond motifs is 5. The molecule has 1 aliphatic rings. The van der Waals surface area contributed by atoms with Gasteiger partial charge in [0.05, 0.1) is 27.7 Å². The normalized spacial score (nSPS) is 13.6. The van der Waals surface area contributed by atoms with Crippen LogP contribution in [0.5, 0.6) is 0 Å². The standard InChI is InChI=1S/C25H18N4O2/c1-15-10-11-21-18(14-15)22-23(27-20-9-5-4-8-19(20)26-22)28(21)12-13-29-24(30)16-6-2-3-7-17(16)25(29)31/h2-11,14H,12-13H2,1H3. The first-order chi connectivity index (χ1) is 15.1. The van der Waals surface area contributed by atoms with Crippen LogP contribution in [0.2, 0.25) is 0 Å². The van der Waals surface area contributed by atoms with E-state index in [1.807, 2.05) is 24.3 Å². The summed E-state index contributed by atoms with van der Waals surface area (Å²) in [4.78, 5) is 36.6. The molecule has 0 bridgehead atoms. The smallest absolute Gasteiger partial charge is 0.261 e. The first-order valence-corrected chi connectivity index (χ1v) is 10.2. The second-order valence-electron chi connectivity index (χ2n) is 7.86. The van der Waals surface area contributed by atoms with Gasteiger partial charge < -0.3 is 4.57 Å². The molecule has 1 aliphatic heterocycles. The molecule has 0 aliphatic carbocycles. The number of hydrogen-bond acceptors (Lipinski definition) is 4. The van der Waals surface area contributed by atoms with Crippen LogP contribution in [0.15, 0.2) is 66.7 Å². The van der Waals surface area contributed by atoms with Gasteiger partial charge in [-0.3, -0.25) is 14.5 Å². The Morgan fingerprint density at radius 2 is 1.42 bits per heavy atom. The summed E-state index contributed by atoms with van der Waals surface area (Å²) >= 11 is 0. The molecule has 5 aromatic rings. The summed E-state index contributed by atoms with van der Waals surface area (Å²) in [5.41, 5.74) is 6.32. The maximum absolute atomic E-state index is 12.8. The van der Waals surface area contributed by atoms with Crippen LogP contribution in [0, 0.1) is 6.92 Å². The largest absolute Gasteiger partial charge is 0.322 e. The van der Waals surface area contributed by atoms with Crippen LogP contribution in [0.4, 0.5) is 0 Å². The van der Waals surface area contributed by atoms with Gasteiger partial charge in [-0.15, -0.1) is 0 Å². The summed E-state index contributed by atoms with van der Waals surface area (Å²) in [6.45, 7) is 2.77. The highest BCUT2D eigenvalue weighted by molar-refractivity contribution is 6.21. The molecule has 6 heteroatoms. The summed E-state index contributed by atoms with van der Waals surface area (Å²) in [7, 11) is 0. The minimum absolute atomic E-state index is 0.242. The Kier molecular flexibility index (Phi) is 3.71. The molecule has 3 heterocycles. The third-order valence-electron chi connectivity index (χ3n) is 5.93. The molecule has 0 spiro atoms. The van der Waals surface area contributed by atoms with Crippen LogP contribution in [-0.4, -0.2) is 37.8 Å². The molecule has 3 aromatic carbocycles. The summed E-state index contributed by atoms with van der Waals surface area (Å²) in [6, 6.07) is 21.0. The number of benzene rings is 3. The minimum atomic E-state index is -0.242. The Balaban J connectivity index is 1.47. The molecule has 0 saturated carbocycles. The highest BCUT2D eigenvalue weighted by atomic mass is 16.2. The number of para-hydroxylation sites is 2. The Labute approximate surface area is 177 Å². The van der Waals surface area contributed by atoms with Crippen molar-refractivity contribution < 1.29 is 9.59 Å². The van der Waals surface area contributed by atoms with Crippen LogP contribution >= 0.6 is 0 Å². The van der Waals surface area contributed by atoms with E-state index in [9.17, 15) is 9.59 Å². The van der Waals surface area contributed by atoms with Gasteiger partial charge in [-0.1, -0.05) is 35.9 Å². The fraction of sp³-hybridized carbons (Fsp3) is 0.120. The summed E-state index contributed by atoms with van der Waals surface area (Å²) in [5, 5.41) is 1.02. The summed E-state index contributed by atoms with van der Waals surface area (Å²) < 4.78 is 2.06. The van der Waals surface area contributed by atoms with E-state index in [0.717, 1.165) is 38.7 Å². The predicted molar refractivity (Wildman–Crippen MR) is 119 cm³/mol. The molecule has 0 unspecified atom stereocenters. The molecule has 0 radical (unpaired) electrons. The summed E-state index contributed by atoms with van der Waals surface area (Å²) in [5.74, 6) is -0.484. The lowest BCUT2D eigenvalue weighted by atomic mass is 10.1. The van der Waals surface area contributed by atoms with Gasteiger partial charge in [-0.25, -0.2) is 9.97 Å². The molecule has 2 aromatic heterocycles. The van der Waals surface area contributed by atoms with Crippen LogP contribution in [0.3, 0.4) is 0 Å². The third-order valence-corrected chi connectivity index (χ3v) is 5.93. The molecule has 0 N–H and O–H groups in total. The van der Waals surface area contributed by atoms with E-state index in [1.54, 1.807) is 24.3 Å². The number of nitrogens with zero attached hydrogens (tertiary/aromatic N) is 4. The van der Waals surface area contributed by atoms with Crippen LogP contribution in [0.1, 0.15) is 26.3 Å². The van der Waals surface area contributed by atoms with Gasteiger partial charge >= 0.3 is 0 Å². The zero-order valence-corrected chi connectivity index (χ0v) is 16.9. The molecule has 0 atom stereocenters. The zero-order chi connectivity index (χ0) is 21.1. The molecule has 31 heavy (non-hydrogen) atoms. The number of hydrogen-bond donors (Lipinski definition) is 0. The molecule has 2 amide bonds. The van der Waals surface area contributed by atoms with Crippen molar-refractivity contribution in [1.29, 1.82) is 0 Å². The van der Waals surface area contributed by atoms with Crippen LogP contribution in [0.25, 0.3) is 33.1 Å². The minimum Gasteiger partial charge on any atom is -0.322 e. The molecular weight excluding hydrogens is 388 g/mol. The van der Waals surface area contributed by atoms with Gasteiger partial charge in [0.25, 0.3) is 11.8 Å². The maximum Gasteiger partial charge on any atom is 0.261 e. The van der Waals surface area contributed by atoms with Crippen molar-refractivity contribution in [2.24, 2.45) is 0 Å². The van der Waals surface area contributed by atoms with Gasteiger partial charge in [0.15, 0.2) is 5.65 Å². The van der Waals surface area contributed by atoms with E-state index in [2.05, 4.69) is 29.7 Å². The number of aromatic nitrogens is 3.